The predicted molar refractivity (Wildman–Crippen MR) is 83.0 cm³/mol. The summed E-state index contributed by atoms with van der Waals surface area (Å²) in [6.07, 6.45) is 0.935. The molecule has 3 nitrogen and oxygen atoms in total. The third-order valence-electron chi connectivity index (χ3n) is 3.89. The zero-order chi connectivity index (χ0) is 15.9. The van der Waals surface area contributed by atoms with Gasteiger partial charge in [-0.1, -0.05) is 31.2 Å². The van der Waals surface area contributed by atoms with Crippen LogP contribution in [0.5, 0.6) is 0 Å². The first-order valence-corrected chi connectivity index (χ1v) is 7.88. The van der Waals surface area contributed by atoms with Crippen LogP contribution in [0.25, 0.3) is 11.3 Å². The highest BCUT2D eigenvalue weighted by Gasteiger charge is 2.39. The van der Waals surface area contributed by atoms with E-state index < -0.39 is 5.92 Å². The van der Waals surface area contributed by atoms with Crippen molar-refractivity contribution in [1.29, 1.82) is 0 Å². The summed E-state index contributed by atoms with van der Waals surface area (Å²) < 4.78 is 30.6. The number of carbonyl (C=O) groups excluding carboxylic acids is 1. The first-order valence-electron chi connectivity index (χ1n) is 7.11. The lowest BCUT2D eigenvalue weighted by atomic mass is 10.1. The molecule has 6 heteroatoms. The average molecular weight is 322 g/mol. The highest BCUT2D eigenvalue weighted by Crippen LogP contribution is 2.39. The highest BCUT2D eigenvalue weighted by atomic mass is 32.1. The molecular weight excluding hydrogens is 306 g/mol. The third-order valence-corrected chi connectivity index (χ3v) is 4.59. The summed E-state index contributed by atoms with van der Waals surface area (Å²) in [7, 11) is 0. The molecule has 0 aliphatic heterocycles. The number of rotatable bonds is 4. The molecule has 0 bridgehead atoms. The Hall–Kier alpha value is -1.82. The van der Waals surface area contributed by atoms with Gasteiger partial charge in [-0.25, -0.2) is 8.78 Å². The zero-order valence-corrected chi connectivity index (χ0v) is 13.1. The number of alkyl halides is 2. The van der Waals surface area contributed by atoms with Gasteiger partial charge in [0.05, 0.1) is 5.69 Å². The SMILES string of the molecule is C[C@@H]1C[C@H]1C(=O)Nc1cc(-c2ccc(C(C)(F)F)cc2)ns1. The normalized spacial score (nSPS) is 20.7. The van der Waals surface area contributed by atoms with Crippen molar-refractivity contribution < 1.29 is 13.6 Å². The maximum Gasteiger partial charge on any atom is 0.270 e. The van der Waals surface area contributed by atoms with Gasteiger partial charge >= 0.3 is 0 Å². The fourth-order valence-electron chi connectivity index (χ4n) is 2.31. The molecule has 1 amide bonds. The van der Waals surface area contributed by atoms with Crippen LogP contribution in [-0.2, 0) is 10.7 Å². The lowest BCUT2D eigenvalue weighted by Crippen LogP contribution is -2.13. The van der Waals surface area contributed by atoms with E-state index in [9.17, 15) is 13.6 Å². The Morgan fingerprint density at radius 1 is 1.36 bits per heavy atom. The van der Waals surface area contributed by atoms with Crippen LogP contribution in [0.2, 0.25) is 0 Å². The van der Waals surface area contributed by atoms with Gasteiger partial charge in [0, 0.05) is 30.0 Å². The lowest BCUT2D eigenvalue weighted by molar-refractivity contribution is -0.117. The van der Waals surface area contributed by atoms with E-state index in [0.717, 1.165) is 18.9 Å². The molecule has 1 aliphatic rings. The van der Waals surface area contributed by atoms with Gasteiger partial charge in [0.25, 0.3) is 5.92 Å². The van der Waals surface area contributed by atoms with E-state index in [2.05, 4.69) is 9.69 Å². The van der Waals surface area contributed by atoms with Gasteiger partial charge in [0.15, 0.2) is 0 Å². The average Bonchev–Trinajstić information content (AvgIpc) is 3.02. The second-order valence-electron chi connectivity index (χ2n) is 5.85. The van der Waals surface area contributed by atoms with E-state index in [4.69, 9.17) is 0 Å². The topological polar surface area (TPSA) is 42.0 Å². The van der Waals surface area contributed by atoms with Gasteiger partial charge in [0.1, 0.15) is 5.00 Å². The molecule has 1 aliphatic carbocycles. The number of benzene rings is 1. The van der Waals surface area contributed by atoms with E-state index in [1.807, 2.05) is 6.92 Å². The second kappa shape index (κ2) is 5.43. The Morgan fingerprint density at radius 2 is 2.00 bits per heavy atom. The summed E-state index contributed by atoms with van der Waals surface area (Å²) in [5.74, 6) is -2.25. The van der Waals surface area contributed by atoms with Crippen LogP contribution in [0.1, 0.15) is 25.8 Å². The molecule has 2 atom stereocenters. The van der Waals surface area contributed by atoms with Crippen LogP contribution in [0.3, 0.4) is 0 Å². The minimum Gasteiger partial charge on any atom is -0.316 e. The van der Waals surface area contributed by atoms with Gasteiger partial charge in [0.2, 0.25) is 5.91 Å². The summed E-state index contributed by atoms with van der Waals surface area (Å²) in [6.45, 7) is 2.92. The van der Waals surface area contributed by atoms with Gasteiger partial charge < -0.3 is 5.32 Å². The maximum atomic E-state index is 13.2. The van der Waals surface area contributed by atoms with Crippen molar-refractivity contribution in [2.75, 3.05) is 5.32 Å². The van der Waals surface area contributed by atoms with Gasteiger partial charge in [-0.15, -0.1) is 0 Å². The zero-order valence-electron chi connectivity index (χ0n) is 12.3. The van der Waals surface area contributed by atoms with Crippen molar-refractivity contribution in [3.8, 4) is 11.3 Å². The maximum absolute atomic E-state index is 13.2. The smallest absolute Gasteiger partial charge is 0.270 e. The Balaban J connectivity index is 1.72. The fourth-order valence-corrected chi connectivity index (χ4v) is 2.97. The number of halogens is 2. The van der Waals surface area contributed by atoms with Crippen molar-refractivity contribution >= 4 is 22.4 Å². The Labute approximate surface area is 131 Å². The summed E-state index contributed by atoms with van der Waals surface area (Å²) in [4.78, 5) is 11.9. The number of nitrogens with one attached hydrogen (secondary N) is 1. The molecule has 0 radical (unpaired) electrons. The minimum atomic E-state index is -2.85. The summed E-state index contributed by atoms with van der Waals surface area (Å²) in [5, 5.41) is 3.54. The second-order valence-corrected chi connectivity index (χ2v) is 6.66. The largest absolute Gasteiger partial charge is 0.316 e. The molecule has 0 spiro atoms. The lowest BCUT2D eigenvalue weighted by Gasteiger charge is -2.10. The third kappa shape index (κ3) is 3.16. The highest BCUT2D eigenvalue weighted by molar-refractivity contribution is 7.10. The van der Waals surface area contributed by atoms with Gasteiger partial charge in [-0.05, 0) is 23.9 Å². The Morgan fingerprint density at radius 3 is 2.55 bits per heavy atom. The molecule has 1 heterocycles. The Kier molecular flexibility index (Phi) is 3.72. The number of anilines is 1. The molecule has 3 rings (SSSR count). The number of hydrogen-bond donors (Lipinski definition) is 1. The number of nitrogens with zero attached hydrogens (tertiary/aromatic N) is 1. The number of carbonyl (C=O) groups is 1. The van der Waals surface area contributed by atoms with Crippen LogP contribution < -0.4 is 5.32 Å². The number of amides is 1. The molecule has 0 saturated heterocycles. The molecule has 1 aromatic carbocycles. The van der Waals surface area contributed by atoms with Crippen molar-refractivity contribution in [3.63, 3.8) is 0 Å². The molecule has 22 heavy (non-hydrogen) atoms. The molecule has 116 valence electrons. The number of aromatic nitrogens is 1. The molecule has 1 aromatic heterocycles. The van der Waals surface area contributed by atoms with Crippen molar-refractivity contribution in [3.05, 3.63) is 35.9 Å². The molecule has 2 aromatic rings. The van der Waals surface area contributed by atoms with Crippen LogP contribution in [0, 0.1) is 11.8 Å². The number of hydrogen-bond acceptors (Lipinski definition) is 3. The van der Waals surface area contributed by atoms with E-state index in [0.29, 0.717) is 16.6 Å². The van der Waals surface area contributed by atoms with E-state index in [1.54, 1.807) is 18.2 Å². The van der Waals surface area contributed by atoms with Crippen molar-refractivity contribution in [2.24, 2.45) is 11.8 Å². The standard InChI is InChI=1S/C16H16F2N2OS/c1-9-7-12(9)15(21)19-14-8-13(20-22-14)10-3-5-11(6-4-10)16(2,17)18/h3-6,8-9,12H,7H2,1-2H3,(H,19,21)/t9-,12-/m1/s1. The van der Waals surface area contributed by atoms with Gasteiger partial charge in [-0.3, -0.25) is 4.79 Å². The summed E-state index contributed by atoms with van der Waals surface area (Å²) >= 11 is 1.20. The fraction of sp³-hybridized carbons (Fsp3) is 0.375. The van der Waals surface area contributed by atoms with E-state index in [1.165, 1.54) is 23.7 Å². The molecule has 1 saturated carbocycles. The van der Waals surface area contributed by atoms with Crippen molar-refractivity contribution in [1.82, 2.24) is 4.37 Å². The summed E-state index contributed by atoms with van der Waals surface area (Å²) in [5.41, 5.74) is 1.40. The Bertz CT molecular complexity index is 691. The molecule has 1 N–H and O–H groups in total. The molecule has 0 unspecified atom stereocenters. The minimum absolute atomic E-state index is 0.0253. The van der Waals surface area contributed by atoms with Crippen LogP contribution in [0.4, 0.5) is 13.8 Å². The predicted octanol–water partition coefficient (Wildman–Crippen LogP) is 4.52. The van der Waals surface area contributed by atoms with Crippen LogP contribution in [0.15, 0.2) is 30.3 Å². The first-order chi connectivity index (χ1) is 10.3. The van der Waals surface area contributed by atoms with Gasteiger partial charge in [-0.2, -0.15) is 4.37 Å². The first kappa shape index (κ1) is 15.1. The van der Waals surface area contributed by atoms with E-state index >= 15 is 0 Å². The quantitative estimate of drug-likeness (QED) is 0.899. The monoisotopic (exact) mass is 322 g/mol. The van der Waals surface area contributed by atoms with Crippen molar-refractivity contribution in [2.45, 2.75) is 26.2 Å². The molecular formula is C16H16F2N2OS. The summed E-state index contributed by atoms with van der Waals surface area (Å²) in [6, 6.07) is 7.82. The van der Waals surface area contributed by atoms with Crippen LogP contribution in [-0.4, -0.2) is 10.3 Å². The van der Waals surface area contributed by atoms with E-state index in [-0.39, 0.29) is 17.4 Å². The van der Waals surface area contributed by atoms with Crippen LogP contribution >= 0.6 is 11.5 Å². The molecule has 1 fully saturated rings.